The van der Waals surface area contributed by atoms with Gasteiger partial charge in [0.2, 0.25) is 0 Å². The molecule has 22 heavy (non-hydrogen) atoms. The van der Waals surface area contributed by atoms with Crippen LogP contribution >= 0.6 is 0 Å². The topological polar surface area (TPSA) is 90.3 Å². The quantitative estimate of drug-likeness (QED) is 0.468. The van der Waals surface area contributed by atoms with E-state index < -0.39 is 13.2 Å². The van der Waals surface area contributed by atoms with Crippen molar-refractivity contribution in [2.75, 3.05) is 13.2 Å². The summed E-state index contributed by atoms with van der Waals surface area (Å²) in [7, 11) is -1.79. The average Bonchev–Trinajstić information content (AvgIpc) is 2.74. The van der Waals surface area contributed by atoms with E-state index >= 15 is 0 Å². The van der Waals surface area contributed by atoms with Crippen molar-refractivity contribution in [2.45, 2.75) is 52.8 Å². The first kappa shape index (κ1) is 18.6. The van der Waals surface area contributed by atoms with Gasteiger partial charge < -0.3 is 9.16 Å². The molecule has 1 atom stereocenters. The summed E-state index contributed by atoms with van der Waals surface area (Å²) in [6, 6.07) is 0. The Hall–Kier alpha value is -1.41. The van der Waals surface area contributed by atoms with Crippen LogP contribution < -0.4 is 4.74 Å². The van der Waals surface area contributed by atoms with Gasteiger partial charge in [-0.2, -0.15) is 0 Å². The van der Waals surface area contributed by atoms with Crippen LogP contribution in [0.5, 0.6) is 5.88 Å². The summed E-state index contributed by atoms with van der Waals surface area (Å²) in [6.07, 6.45) is 0. The first-order valence-corrected chi connectivity index (χ1v) is 10.3. The second-order valence-electron chi connectivity index (χ2n) is 7.25. The van der Waals surface area contributed by atoms with Crippen molar-refractivity contribution < 1.29 is 14.1 Å². The van der Waals surface area contributed by atoms with E-state index in [1.54, 1.807) is 6.92 Å². The molecule has 1 unspecified atom stereocenters. The lowest BCUT2D eigenvalue weighted by molar-refractivity contribution is -0.386. The van der Waals surface area contributed by atoms with Crippen molar-refractivity contribution >= 4 is 14.0 Å². The monoisotopic (exact) mass is 329 g/mol. The van der Waals surface area contributed by atoms with Gasteiger partial charge >= 0.3 is 11.6 Å². The molecule has 8 heteroatoms. The van der Waals surface area contributed by atoms with Gasteiger partial charge in [-0.3, -0.25) is 15.2 Å². The molecule has 1 N–H and O–H groups in total. The highest BCUT2D eigenvalue weighted by atomic mass is 28.4. The van der Waals surface area contributed by atoms with E-state index in [-0.39, 0.29) is 22.5 Å². The van der Waals surface area contributed by atoms with Crippen molar-refractivity contribution in [3.63, 3.8) is 0 Å². The first-order valence-electron chi connectivity index (χ1n) is 7.42. The van der Waals surface area contributed by atoms with E-state index in [1.807, 2.05) is 6.92 Å². The molecule has 0 saturated heterocycles. The molecular weight excluding hydrogens is 302 g/mol. The number of hydrogen-bond donors (Lipinski definition) is 1. The number of ether oxygens (including phenoxy) is 1. The van der Waals surface area contributed by atoms with Gasteiger partial charge in [0.1, 0.15) is 5.69 Å². The Kier molecular flexibility index (Phi) is 5.74. The van der Waals surface area contributed by atoms with E-state index in [9.17, 15) is 10.1 Å². The minimum Gasteiger partial charge on any atom is -0.471 e. The molecule has 126 valence electrons. The third-order valence-electron chi connectivity index (χ3n) is 4.10. The lowest BCUT2D eigenvalue weighted by Crippen LogP contribution is -2.42. The molecule has 0 aromatic carbocycles. The zero-order valence-corrected chi connectivity index (χ0v) is 15.5. The fourth-order valence-corrected chi connectivity index (χ4v) is 2.69. The maximum absolute atomic E-state index is 11.0. The van der Waals surface area contributed by atoms with Gasteiger partial charge in [0, 0.05) is 12.5 Å². The summed E-state index contributed by atoms with van der Waals surface area (Å²) in [5, 5.41) is 17.5. The van der Waals surface area contributed by atoms with Crippen molar-refractivity contribution in [1.29, 1.82) is 0 Å². The summed E-state index contributed by atoms with van der Waals surface area (Å²) >= 11 is 0. The van der Waals surface area contributed by atoms with Crippen LogP contribution in [0.1, 0.15) is 33.4 Å². The molecule has 0 fully saturated rings. The second kappa shape index (κ2) is 6.78. The third kappa shape index (κ3) is 4.54. The van der Waals surface area contributed by atoms with E-state index in [0.29, 0.717) is 18.9 Å². The van der Waals surface area contributed by atoms with Gasteiger partial charge in [-0.1, -0.05) is 27.7 Å². The number of nitrogens with zero attached hydrogens (tertiary/aromatic N) is 2. The van der Waals surface area contributed by atoms with E-state index in [1.165, 1.54) is 0 Å². The van der Waals surface area contributed by atoms with E-state index in [2.05, 4.69) is 44.1 Å². The van der Waals surface area contributed by atoms with Gasteiger partial charge in [-0.15, -0.1) is 5.10 Å². The van der Waals surface area contributed by atoms with Gasteiger partial charge in [0.05, 0.1) is 11.5 Å². The van der Waals surface area contributed by atoms with Gasteiger partial charge in [0.15, 0.2) is 8.32 Å². The molecule has 0 aliphatic heterocycles. The predicted molar refractivity (Wildman–Crippen MR) is 87.8 cm³/mol. The van der Waals surface area contributed by atoms with Crippen LogP contribution in [0.4, 0.5) is 5.69 Å². The second-order valence-corrected chi connectivity index (χ2v) is 12.1. The summed E-state index contributed by atoms with van der Waals surface area (Å²) in [4.78, 5) is 10.5. The molecule has 1 rings (SSSR count). The van der Waals surface area contributed by atoms with Crippen molar-refractivity contribution in [2.24, 2.45) is 5.92 Å². The number of aryl methyl sites for hydroxylation is 1. The molecule has 0 saturated carbocycles. The predicted octanol–water partition coefficient (Wildman–Crippen LogP) is 3.66. The maximum Gasteiger partial charge on any atom is 0.352 e. The highest BCUT2D eigenvalue weighted by molar-refractivity contribution is 6.74. The van der Waals surface area contributed by atoms with Crippen LogP contribution in [0, 0.1) is 23.0 Å². The van der Waals surface area contributed by atoms with Crippen molar-refractivity contribution in [1.82, 2.24) is 10.2 Å². The molecule has 0 amide bonds. The molecule has 0 aliphatic rings. The van der Waals surface area contributed by atoms with Gasteiger partial charge in [0.25, 0.3) is 0 Å². The molecule has 0 bridgehead atoms. The van der Waals surface area contributed by atoms with Crippen LogP contribution in [0.2, 0.25) is 18.1 Å². The summed E-state index contributed by atoms with van der Waals surface area (Å²) in [6.45, 7) is 15.5. The van der Waals surface area contributed by atoms with Crippen molar-refractivity contribution in [3.8, 4) is 5.88 Å². The minimum atomic E-state index is -1.79. The number of aromatic amines is 1. The Morgan fingerprint density at radius 1 is 1.36 bits per heavy atom. The van der Waals surface area contributed by atoms with E-state index in [0.717, 1.165) is 0 Å². The largest absolute Gasteiger partial charge is 0.471 e. The summed E-state index contributed by atoms with van der Waals surface area (Å²) in [5.74, 6) is 0.174. The lowest BCUT2D eigenvalue weighted by atomic mass is 10.2. The Balaban J connectivity index is 2.54. The normalized spacial score (nSPS) is 14.0. The molecule has 0 spiro atoms. The smallest absolute Gasteiger partial charge is 0.352 e. The summed E-state index contributed by atoms with van der Waals surface area (Å²) in [5.41, 5.74) is 0.294. The van der Waals surface area contributed by atoms with Crippen LogP contribution in [0.3, 0.4) is 0 Å². The first-order chi connectivity index (χ1) is 9.95. The number of hydrogen-bond acceptors (Lipinski definition) is 5. The van der Waals surface area contributed by atoms with Gasteiger partial charge in [-0.05, 0) is 25.1 Å². The van der Waals surface area contributed by atoms with Crippen LogP contribution in [-0.4, -0.2) is 36.7 Å². The molecule has 1 aromatic heterocycles. The van der Waals surface area contributed by atoms with Gasteiger partial charge in [-0.25, -0.2) is 0 Å². The number of H-pyrrole nitrogens is 1. The van der Waals surface area contributed by atoms with Crippen LogP contribution in [0.25, 0.3) is 0 Å². The van der Waals surface area contributed by atoms with Crippen LogP contribution in [-0.2, 0) is 4.43 Å². The Bertz CT molecular complexity index is 523. The molecule has 1 aromatic rings. The number of nitro groups is 1. The minimum absolute atomic E-state index is 0.0432. The molecular formula is C14H27N3O4Si. The van der Waals surface area contributed by atoms with Crippen molar-refractivity contribution in [3.05, 3.63) is 15.8 Å². The molecule has 0 radical (unpaired) electrons. The zero-order valence-electron chi connectivity index (χ0n) is 14.5. The number of nitrogens with one attached hydrogen (secondary N) is 1. The summed E-state index contributed by atoms with van der Waals surface area (Å²) < 4.78 is 11.6. The van der Waals surface area contributed by atoms with Crippen LogP contribution in [0.15, 0.2) is 0 Å². The number of aromatic nitrogens is 2. The average molecular weight is 329 g/mol. The fraction of sp³-hybridized carbons (Fsp3) is 0.786. The Labute approximate surface area is 132 Å². The number of rotatable bonds is 7. The Morgan fingerprint density at radius 3 is 2.45 bits per heavy atom. The zero-order chi connectivity index (χ0) is 17.1. The SMILES string of the molecule is Cc1[nH]nc(OCC(C)CO[Si](C)(C)C(C)(C)C)c1[N+](=O)[O-]. The maximum atomic E-state index is 11.0. The van der Waals surface area contributed by atoms with E-state index in [4.69, 9.17) is 9.16 Å². The fourth-order valence-electron chi connectivity index (χ4n) is 1.55. The molecule has 7 nitrogen and oxygen atoms in total. The highest BCUT2D eigenvalue weighted by Gasteiger charge is 2.37. The molecule has 1 heterocycles. The Morgan fingerprint density at radius 2 is 1.95 bits per heavy atom. The standard InChI is InChI=1S/C14H27N3O4Si/c1-10(9-21-22(6,7)14(3,4)5)8-20-13-12(17(18)19)11(2)15-16-13/h10H,8-9H2,1-7H3,(H,15,16). The highest BCUT2D eigenvalue weighted by Crippen LogP contribution is 2.36. The molecule has 0 aliphatic carbocycles. The lowest BCUT2D eigenvalue weighted by Gasteiger charge is -2.36. The third-order valence-corrected chi connectivity index (χ3v) is 8.61.